The van der Waals surface area contributed by atoms with E-state index in [1.807, 2.05) is 25.1 Å². The third-order valence-corrected chi connectivity index (χ3v) is 2.75. The SMILES string of the molecule is CCOCCNCC(O)c1ccc2c(c1)OCO2. The van der Waals surface area contributed by atoms with Crippen LogP contribution in [0.1, 0.15) is 18.6 Å². The highest BCUT2D eigenvalue weighted by molar-refractivity contribution is 5.45. The van der Waals surface area contributed by atoms with Gasteiger partial charge in [-0.1, -0.05) is 6.07 Å². The van der Waals surface area contributed by atoms with Gasteiger partial charge in [-0.3, -0.25) is 0 Å². The summed E-state index contributed by atoms with van der Waals surface area (Å²) in [5.74, 6) is 1.43. The summed E-state index contributed by atoms with van der Waals surface area (Å²) in [6.45, 7) is 4.81. The van der Waals surface area contributed by atoms with Crippen LogP contribution in [0.15, 0.2) is 18.2 Å². The number of hydrogen-bond donors (Lipinski definition) is 2. The Bertz CT molecular complexity index is 383. The number of rotatable bonds is 7. The Balaban J connectivity index is 1.80. The second-order valence-corrected chi connectivity index (χ2v) is 4.03. The lowest BCUT2D eigenvalue weighted by atomic mass is 10.1. The molecule has 2 rings (SSSR count). The lowest BCUT2D eigenvalue weighted by Crippen LogP contribution is -2.25. The molecule has 0 bridgehead atoms. The molecule has 1 atom stereocenters. The van der Waals surface area contributed by atoms with Crippen LogP contribution in [-0.4, -0.2) is 38.2 Å². The van der Waals surface area contributed by atoms with E-state index in [1.165, 1.54) is 0 Å². The zero-order chi connectivity index (χ0) is 12.8. The van der Waals surface area contributed by atoms with Gasteiger partial charge in [0.2, 0.25) is 6.79 Å². The van der Waals surface area contributed by atoms with Crippen molar-refractivity contribution in [3.05, 3.63) is 23.8 Å². The van der Waals surface area contributed by atoms with E-state index < -0.39 is 6.10 Å². The highest BCUT2D eigenvalue weighted by atomic mass is 16.7. The Labute approximate surface area is 107 Å². The highest BCUT2D eigenvalue weighted by Gasteiger charge is 2.16. The van der Waals surface area contributed by atoms with Gasteiger partial charge in [0, 0.05) is 19.7 Å². The molecule has 0 aromatic heterocycles. The molecule has 0 saturated carbocycles. The molecule has 0 saturated heterocycles. The molecule has 0 fully saturated rings. The Hall–Kier alpha value is -1.30. The van der Waals surface area contributed by atoms with Crippen molar-refractivity contribution in [1.82, 2.24) is 5.32 Å². The third-order valence-electron chi connectivity index (χ3n) is 2.75. The molecule has 0 spiro atoms. The molecule has 2 N–H and O–H groups in total. The summed E-state index contributed by atoms with van der Waals surface area (Å²) in [6.07, 6.45) is -0.555. The third kappa shape index (κ3) is 3.35. The van der Waals surface area contributed by atoms with Crippen LogP contribution in [0.5, 0.6) is 11.5 Å². The van der Waals surface area contributed by atoms with Crippen molar-refractivity contribution in [2.45, 2.75) is 13.0 Å². The van der Waals surface area contributed by atoms with Gasteiger partial charge in [-0.2, -0.15) is 0 Å². The Morgan fingerprint density at radius 1 is 1.39 bits per heavy atom. The molecule has 1 unspecified atom stereocenters. The van der Waals surface area contributed by atoms with Gasteiger partial charge in [0.25, 0.3) is 0 Å². The molecule has 100 valence electrons. The van der Waals surface area contributed by atoms with Gasteiger partial charge >= 0.3 is 0 Å². The number of ether oxygens (including phenoxy) is 3. The highest BCUT2D eigenvalue weighted by Crippen LogP contribution is 2.33. The molecular formula is C13H19NO4. The van der Waals surface area contributed by atoms with Crippen LogP contribution in [0.3, 0.4) is 0 Å². The van der Waals surface area contributed by atoms with Gasteiger partial charge in [-0.05, 0) is 24.6 Å². The van der Waals surface area contributed by atoms with Crippen LogP contribution >= 0.6 is 0 Å². The topological polar surface area (TPSA) is 60.0 Å². The molecule has 5 nitrogen and oxygen atoms in total. The molecule has 0 radical (unpaired) electrons. The van der Waals surface area contributed by atoms with Gasteiger partial charge in [0.05, 0.1) is 12.7 Å². The number of benzene rings is 1. The monoisotopic (exact) mass is 253 g/mol. The molecular weight excluding hydrogens is 234 g/mol. The largest absolute Gasteiger partial charge is 0.454 e. The fraction of sp³-hybridized carbons (Fsp3) is 0.538. The molecule has 1 heterocycles. The van der Waals surface area contributed by atoms with Crippen LogP contribution < -0.4 is 14.8 Å². The van der Waals surface area contributed by atoms with Gasteiger partial charge in [0.15, 0.2) is 11.5 Å². The predicted octanol–water partition coefficient (Wildman–Crippen LogP) is 1.07. The summed E-state index contributed by atoms with van der Waals surface area (Å²) in [5, 5.41) is 13.1. The zero-order valence-corrected chi connectivity index (χ0v) is 10.5. The number of nitrogens with one attached hydrogen (secondary N) is 1. The van der Waals surface area contributed by atoms with Crippen molar-refractivity contribution < 1.29 is 19.3 Å². The van der Waals surface area contributed by atoms with Crippen LogP contribution in [0, 0.1) is 0 Å². The maximum Gasteiger partial charge on any atom is 0.231 e. The summed E-state index contributed by atoms with van der Waals surface area (Å²) in [7, 11) is 0. The van der Waals surface area contributed by atoms with Crippen molar-refractivity contribution in [3.63, 3.8) is 0 Å². The van der Waals surface area contributed by atoms with Gasteiger partial charge in [-0.25, -0.2) is 0 Å². The molecule has 1 aliphatic heterocycles. The number of fused-ring (bicyclic) bond motifs is 1. The number of aliphatic hydroxyl groups is 1. The lowest BCUT2D eigenvalue weighted by Gasteiger charge is -2.12. The lowest BCUT2D eigenvalue weighted by molar-refractivity contribution is 0.137. The minimum Gasteiger partial charge on any atom is -0.454 e. The summed E-state index contributed by atoms with van der Waals surface area (Å²) in [5.41, 5.74) is 0.822. The van der Waals surface area contributed by atoms with Crippen LogP contribution in [0.4, 0.5) is 0 Å². The van der Waals surface area contributed by atoms with Crippen molar-refractivity contribution >= 4 is 0 Å². The van der Waals surface area contributed by atoms with E-state index in [0.29, 0.717) is 25.5 Å². The summed E-state index contributed by atoms with van der Waals surface area (Å²) in [6, 6.07) is 5.49. The average molecular weight is 253 g/mol. The van der Waals surface area contributed by atoms with E-state index in [2.05, 4.69) is 5.32 Å². The van der Waals surface area contributed by atoms with Crippen molar-refractivity contribution in [2.75, 3.05) is 33.1 Å². The molecule has 0 amide bonds. The van der Waals surface area contributed by atoms with Crippen molar-refractivity contribution in [3.8, 4) is 11.5 Å². The van der Waals surface area contributed by atoms with Crippen LogP contribution in [0.25, 0.3) is 0 Å². The maximum absolute atomic E-state index is 10.0. The van der Waals surface area contributed by atoms with Gasteiger partial charge in [-0.15, -0.1) is 0 Å². The molecule has 1 aromatic carbocycles. The van der Waals surface area contributed by atoms with Crippen molar-refractivity contribution in [1.29, 1.82) is 0 Å². The standard InChI is InChI=1S/C13H19NO4/c1-2-16-6-5-14-8-11(15)10-3-4-12-13(7-10)18-9-17-12/h3-4,7,11,14-15H,2,5-6,8-9H2,1H3. The number of aliphatic hydroxyl groups excluding tert-OH is 1. The molecule has 5 heteroatoms. The van der Waals surface area contributed by atoms with Gasteiger partial charge < -0.3 is 24.6 Å². The number of hydrogen-bond acceptors (Lipinski definition) is 5. The molecule has 1 aromatic rings. The Kier molecular flexibility index (Phi) is 4.81. The molecule has 0 aliphatic carbocycles. The first-order chi connectivity index (χ1) is 8.81. The Morgan fingerprint density at radius 2 is 2.22 bits per heavy atom. The fourth-order valence-corrected chi connectivity index (χ4v) is 1.77. The van der Waals surface area contributed by atoms with E-state index in [-0.39, 0.29) is 6.79 Å². The first-order valence-electron chi connectivity index (χ1n) is 6.17. The molecule has 1 aliphatic rings. The van der Waals surface area contributed by atoms with E-state index >= 15 is 0 Å². The predicted molar refractivity (Wildman–Crippen MR) is 66.9 cm³/mol. The minimum absolute atomic E-state index is 0.251. The van der Waals surface area contributed by atoms with Crippen molar-refractivity contribution in [2.24, 2.45) is 0 Å². The maximum atomic E-state index is 10.0. The second-order valence-electron chi connectivity index (χ2n) is 4.03. The second kappa shape index (κ2) is 6.58. The van der Waals surface area contributed by atoms with Gasteiger partial charge in [0.1, 0.15) is 0 Å². The van der Waals surface area contributed by atoms with E-state index in [4.69, 9.17) is 14.2 Å². The molecule has 18 heavy (non-hydrogen) atoms. The summed E-state index contributed by atoms with van der Waals surface area (Å²) >= 11 is 0. The average Bonchev–Trinajstić information content (AvgIpc) is 2.85. The first kappa shape index (κ1) is 13.1. The van der Waals surface area contributed by atoms with Crippen LogP contribution in [-0.2, 0) is 4.74 Å². The quantitative estimate of drug-likeness (QED) is 0.712. The normalized spacial score (nSPS) is 14.8. The zero-order valence-electron chi connectivity index (χ0n) is 10.5. The smallest absolute Gasteiger partial charge is 0.231 e. The van der Waals surface area contributed by atoms with E-state index in [0.717, 1.165) is 17.9 Å². The van der Waals surface area contributed by atoms with Crippen LogP contribution in [0.2, 0.25) is 0 Å². The van der Waals surface area contributed by atoms with E-state index in [9.17, 15) is 5.11 Å². The fourth-order valence-electron chi connectivity index (χ4n) is 1.77. The minimum atomic E-state index is -0.555. The first-order valence-corrected chi connectivity index (χ1v) is 6.17. The Morgan fingerprint density at radius 3 is 3.06 bits per heavy atom. The summed E-state index contributed by atoms with van der Waals surface area (Å²) < 4.78 is 15.7. The van der Waals surface area contributed by atoms with E-state index in [1.54, 1.807) is 0 Å². The summed E-state index contributed by atoms with van der Waals surface area (Å²) in [4.78, 5) is 0.